The van der Waals surface area contributed by atoms with Gasteiger partial charge in [-0.15, -0.1) is 0 Å². The number of aliphatic imine (C=N–C) groups is 1. The zero-order valence-corrected chi connectivity index (χ0v) is 66.7. The molecule has 15 nitrogen and oxygen atoms in total. The fourth-order valence-electron chi connectivity index (χ4n) is 15.3. The van der Waals surface area contributed by atoms with Crippen molar-refractivity contribution in [3.05, 3.63) is 247 Å². The van der Waals surface area contributed by atoms with Crippen molar-refractivity contribution in [2.24, 2.45) is 4.99 Å². The molecule has 0 radical (unpaired) electrons. The van der Waals surface area contributed by atoms with E-state index in [0.717, 1.165) is 110 Å². The van der Waals surface area contributed by atoms with Gasteiger partial charge in [-0.05, 0) is 309 Å². The predicted octanol–water partition coefficient (Wildman–Crippen LogP) is 20.3. The highest BCUT2D eigenvalue weighted by atomic mass is 32.2. The number of amides is 4. The number of carbonyl (C=O) groups is 4. The number of benzene rings is 8. The number of hydrogen-bond acceptors (Lipinski definition) is 10. The standard InChI is InChI=1S/C24H31NO2.C24H31NO.C23H24N2O2.C22H26N2O4S/c1-5-27-22-16-18-10-8-6-7-9-17(18)15-21(22)23(26)25-20-13-11-19(12-14-20)24(2,3)4;1-5-17-15-18-9-7-6-8-10-19(18)16-22(17)23(26)25-21-13-11-20(12-14-21)24(2,3)4;1-27-22-15-18-7-4-2-3-6-17(18)14-20(22)23(26)25-19-11-9-16(10-12-19)21-8-5-13-24-21;1-28-21-15-17-7-4-2-3-6-16(17)14-20(21)22(25)23-18-8-10-19(11-9-18)24-12-5-13-29(24,26)27/h11-16H,5-10H2,1-4H3,(H,25,26);11-16H,5-10H2,1-4H3,(H,25,26);5,8-12,14-15H,2-4,6-7,13H2,1H3,(H,25,26);8-11,14-15H,2-7,12-13H2,1H3,(H,23,25). The summed E-state index contributed by atoms with van der Waals surface area (Å²) in [5, 5.41) is 12.0. The number of hydrogen-bond donors (Lipinski definition) is 4. The second-order valence-electron chi connectivity index (χ2n) is 31.5. The van der Waals surface area contributed by atoms with E-state index in [-0.39, 0.29) is 40.2 Å². The molecule has 2 heterocycles. The number of rotatable bonds is 15. The summed E-state index contributed by atoms with van der Waals surface area (Å²) in [7, 11) is -0.00175. The number of aryl methyl sites for hydroxylation is 9. The van der Waals surface area contributed by atoms with E-state index in [1.54, 1.807) is 38.5 Å². The number of carbonyl (C=O) groups excluding carboxylic acids is 4. The van der Waals surface area contributed by atoms with Gasteiger partial charge in [0.05, 0.1) is 61.2 Å². The lowest BCUT2D eigenvalue weighted by Gasteiger charge is -2.19. The van der Waals surface area contributed by atoms with Crippen LogP contribution in [0, 0.1) is 0 Å². The van der Waals surface area contributed by atoms with Crippen LogP contribution in [-0.2, 0) is 78.6 Å². The molecule has 0 unspecified atom stereocenters. The number of sulfonamides is 1. The minimum Gasteiger partial charge on any atom is -0.496 e. The van der Waals surface area contributed by atoms with Crippen molar-refractivity contribution in [2.45, 2.75) is 207 Å². The molecule has 0 aromatic heterocycles. The van der Waals surface area contributed by atoms with E-state index in [2.05, 4.69) is 117 Å². The van der Waals surface area contributed by atoms with Crippen LogP contribution in [0.15, 0.2) is 163 Å². The maximum Gasteiger partial charge on any atom is 0.259 e. The van der Waals surface area contributed by atoms with Crippen molar-refractivity contribution in [3.8, 4) is 17.2 Å². The minimum absolute atomic E-state index is 0.0115. The van der Waals surface area contributed by atoms with Crippen molar-refractivity contribution in [1.82, 2.24) is 0 Å². The van der Waals surface area contributed by atoms with Crippen molar-refractivity contribution in [2.75, 3.05) is 65.2 Å². The van der Waals surface area contributed by atoms with Gasteiger partial charge in [0.1, 0.15) is 17.2 Å². The molecule has 2 aliphatic heterocycles. The van der Waals surface area contributed by atoms with Crippen molar-refractivity contribution < 1.29 is 41.8 Å². The van der Waals surface area contributed by atoms with Gasteiger partial charge in [-0.2, -0.15) is 0 Å². The molecule has 0 atom stereocenters. The summed E-state index contributed by atoms with van der Waals surface area (Å²) < 4.78 is 42.4. The van der Waals surface area contributed by atoms with Gasteiger partial charge >= 0.3 is 0 Å². The lowest BCUT2D eigenvalue weighted by molar-refractivity contribution is 0.101. The normalized spacial score (nSPS) is 15.7. The summed E-state index contributed by atoms with van der Waals surface area (Å²) in [6, 6.07) is 47.6. The van der Waals surface area contributed by atoms with Crippen LogP contribution in [0.4, 0.5) is 28.4 Å². The second kappa shape index (κ2) is 37.1. The van der Waals surface area contributed by atoms with E-state index in [1.165, 1.54) is 131 Å². The summed E-state index contributed by atoms with van der Waals surface area (Å²) in [5.41, 5.74) is 22.8. The zero-order chi connectivity index (χ0) is 77.2. The van der Waals surface area contributed by atoms with E-state index >= 15 is 0 Å². The second-order valence-corrected chi connectivity index (χ2v) is 33.5. The third kappa shape index (κ3) is 21.2. The highest BCUT2D eigenvalue weighted by Gasteiger charge is 2.29. The van der Waals surface area contributed by atoms with Gasteiger partial charge < -0.3 is 35.5 Å². The third-order valence-corrected chi connectivity index (χ3v) is 23.5. The number of anilines is 5. The molecule has 0 saturated carbocycles. The molecule has 4 N–H and O–H groups in total. The average Bonchev–Trinajstić information content (AvgIpc) is 1.07. The Bertz CT molecular complexity index is 4700. The quantitative estimate of drug-likeness (QED) is 0.0723. The predicted molar refractivity (Wildman–Crippen MR) is 446 cm³/mol. The van der Waals surface area contributed by atoms with Crippen LogP contribution < -0.4 is 39.8 Å². The van der Waals surface area contributed by atoms with Gasteiger partial charge in [0, 0.05) is 34.9 Å². The van der Waals surface area contributed by atoms with E-state index in [9.17, 15) is 27.6 Å². The maximum atomic E-state index is 13.0. The fraction of sp³-hybridized carbons (Fsp3) is 0.409. The smallest absolute Gasteiger partial charge is 0.259 e. The van der Waals surface area contributed by atoms with Gasteiger partial charge in [0.25, 0.3) is 23.6 Å². The number of allylic oxidation sites excluding steroid dienone is 1. The van der Waals surface area contributed by atoms with Gasteiger partial charge in [-0.3, -0.25) is 28.5 Å². The highest BCUT2D eigenvalue weighted by molar-refractivity contribution is 7.93. The molecule has 0 spiro atoms. The summed E-state index contributed by atoms with van der Waals surface area (Å²) in [6.07, 6.45) is 28.6. The topological polar surface area (TPSA) is 194 Å². The molecule has 1 saturated heterocycles. The highest BCUT2D eigenvalue weighted by Crippen LogP contribution is 2.36. The van der Waals surface area contributed by atoms with Crippen LogP contribution in [-0.4, -0.2) is 77.4 Å². The summed E-state index contributed by atoms with van der Waals surface area (Å²) in [4.78, 5) is 56.1. The molecule has 1 fully saturated rings. The van der Waals surface area contributed by atoms with Gasteiger partial charge in [0.15, 0.2) is 0 Å². The van der Waals surface area contributed by atoms with E-state index in [1.807, 2.05) is 97.9 Å². The first-order chi connectivity index (χ1) is 52.5. The van der Waals surface area contributed by atoms with Gasteiger partial charge in [0.2, 0.25) is 10.0 Å². The Morgan fingerprint density at radius 1 is 0.422 bits per heavy atom. The molecule has 109 heavy (non-hydrogen) atoms. The van der Waals surface area contributed by atoms with Crippen LogP contribution in [0.5, 0.6) is 17.2 Å². The average molecular weight is 1490 g/mol. The molecule has 574 valence electrons. The summed E-state index contributed by atoms with van der Waals surface area (Å²) >= 11 is 0. The largest absolute Gasteiger partial charge is 0.496 e. The molecule has 8 aromatic carbocycles. The number of methoxy groups -OCH3 is 2. The first-order valence-corrected chi connectivity index (χ1v) is 41.3. The lowest BCUT2D eigenvalue weighted by Crippen LogP contribution is -2.25. The SMILES string of the molecule is CCOc1cc2c(cc1C(=O)Nc1ccc(C(C)(C)C)cc1)CCCCC2.CCc1cc2c(cc1C(=O)Nc1ccc(C(C)(C)C)cc1)CCCCC2.COc1cc2c(cc1C(=O)Nc1ccc(C3=NCC=C3)cc1)CCCCC2.COc1cc2c(cc1C(=O)Nc1ccc(N3CCCS3(=O)=O)cc1)CCCCC2. The minimum atomic E-state index is -3.21. The Balaban J connectivity index is 0.000000144. The molecular weight excluding hydrogens is 1380 g/mol. The lowest BCUT2D eigenvalue weighted by atomic mass is 9.87. The molecule has 14 rings (SSSR count). The van der Waals surface area contributed by atoms with Crippen molar-refractivity contribution >= 4 is 67.8 Å². The maximum absolute atomic E-state index is 13.0. The zero-order valence-electron chi connectivity index (χ0n) is 65.9. The molecule has 4 aliphatic carbocycles. The van der Waals surface area contributed by atoms with Gasteiger partial charge in [-0.25, -0.2) is 8.42 Å². The number of fused-ring (bicyclic) bond motifs is 4. The third-order valence-electron chi connectivity index (χ3n) is 21.6. The van der Waals surface area contributed by atoms with E-state index < -0.39 is 10.0 Å². The summed E-state index contributed by atoms with van der Waals surface area (Å²) in [6.45, 7) is 19.0. The molecule has 16 heteroatoms. The Labute approximate surface area is 647 Å². The number of nitrogens with one attached hydrogen (secondary N) is 4. The Morgan fingerprint density at radius 2 is 0.761 bits per heavy atom. The first kappa shape index (κ1) is 80.2. The van der Waals surface area contributed by atoms with Gasteiger partial charge in [-0.1, -0.05) is 123 Å². The summed E-state index contributed by atoms with van der Waals surface area (Å²) in [5.74, 6) is 1.66. The number of ether oxygens (including phenoxy) is 3. The van der Waals surface area contributed by atoms with Crippen LogP contribution in [0.3, 0.4) is 0 Å². The molecule has 0 bridgehead atoms. The van der Waals surface area contributed by atoms with Crippen LogP contribution in [0.25, 0.3) is 0 Å². The van der Waals surface area contributed by atoms with E-state index in [4.69, 9.17) is 14.2 Å². The molecule has 4 amide bonds. The fourth-order valence-corrected chi connectivity index (χ4v) is 16.9. The molecule has 8 aromatic rings. The molecular formula is C93H112N6O9S. The number of nitrogens with zero attached hydrogens (tertiary/aromatic N) is 2. The van der Waals surface area contributed by atoms with Crippen LogP contribution >= 0.6 is 0 Å². The first-order valence-electron chi connectivity index (χ1n) is 39.7. The van der Waals surface area contributed by atoms with Crippen molar-refractivity contribution in [1.29, 1.82) is 0 Å². The Kier molecular flexibility index (Phi) is 27.3. The Hall–Kier alpha value is -9.80. The molecule has 6 aliphatic rings. The Morgan fingerprint density at radius 3 is 1.10 bits per heavy atom. The monoisotopic (exact) mass is 1490 g/mol. The van der Waals surface area contributed by atoms with Crippen molar-refractivity contribution in [3.63, 3.8) is 0 Å². The van der Waals surface area contributed by atoms with Crippen LogP contribution in [0.2, 0.25) is 0 Å². The van der Waals surface area contributed by atoms with E-state index in [0.29, 0.717) is 64.9 Å². The van der Waals surface area contributed by atoms with Crippen LogP contribution in [0.1, 0.15) is 247 Å².